The standard InChI is InChI=1S/C17H25NOS/c1-18-16(12-20-14-8-2-3-9-14)15-10-4-6-13-7-5-11-19-17(13)15/h4,6,10,14,16,18H,2-3,5,7-9,11-12H2,1H3. The molecule has 1 heterocycles. The van der Waals surface area contributed by atoms with Gasteiger partial charge in [0, 0.05) is 22.6 Å². The lowest BCUT2D eigenvalue weighted by Crippen LogP contribution is -2.22. The molecular weight excluding hydrogens is 266 g/mol. The highest BCUT2D eigenvalue weighted by Gasteiger charge is 2.22. The lowest BCUT2D eigenvalue weighted by Gasteiger charge is -2.25. The fourth-order valence-electron chi connectivity index (χ4n) is 3.30. The van der Waals surface area contributed by atoms with Crippen LogP contribution in [0.4, 0.5) is 0 Å². The Kier molecular flexibility index (Phi) is 4.90. The van der Waals surface area contributed by atoms with Crippen molar-refractivity contribution in [2.75, 3.05) is 19.4 Å². The second-order valence-electron chi connectivity index (χ2n) is 5.87. The molecule has 1 aliphatic heterocycles. The molecule has 2 nitrogen and oxygen atoms in total. The van der Waals surface area contributed by atoms with E-state index in [2.05, 4.69) is 42.3 Å². The Hall–Kier alpha value is -0.670. The molecule has 0 radical (unpaired) electrons. The van der Waals surface area contributed by atoms with Crippen LogP contribution in [0.1, 0.15) is 49.3 Å². The average Bonchev–Trinajstić information content (AvgIpc) is 3.01. The largest absolute Gasteiger partial charge is 0.493 e. The number of ether oxygens (including phenoxy) is 1. The fraction of sp³-hybridized carbons (Fsp3) is 0.647. The maximum atomic E-state index is 5.96. The van der Waals surface area contributed by atoms with Crippen LogP contribution in [0.15, 0.2) is 18.2 Å². The van der Waals surface area contributed by atoms with Crippen LogP contribution in [-0.2, 0) is 6.42 Å². The minimum atomic E-state index is 0.411. The van der Waals surface area contributed by atoms with Crippen molar-refractivity contribution in [1.82, 2.24) is 5.32 Å². The molecule has 2 aliphatic rings. The normalized spacial score (nSPS) is 20.4. The number of benzene rings is 1. The Morgan fingerprint density at radius 3 is 2.95 bits per heavy atom. The van der Waals surface area contributed by atoms with E-state index >= 15 is 0 Å². The third-order valence-corrected chi connectivity index (χ3v) is 5.96. The molecule has 3 rings (SSSR count). The summed E-state index contributed by atoms with van der Waals surface area (Å²) in [7, 11) is 2.07. The molecule has 1 aromatic rings. The Labute approximate surface area is 126 Å². The third-order valence-electron chi connectivity index (χ3n) is 4.49. The molecule has 1 N–H and O–H groups in total. The second kappa shape index (κ2) is 6.86. The topological polar surface area (TPSA) is 21.3 Å². The van der Waals surface area contributed by atoms with Gasteiger partial charge in [-0.2, -0.15) is 11.8 Å². The van der Waals surface area contributed by atoms with Gasteiger partial charge in [0.1, 0.15) is 5.75 Å². The number of aryl methyl sites for hydroxylation is 1. The number of hydrogen-bond donors (Lipinski definition) is 1. The summed E-state index contributed by atoms with van der Waals surface area (Å²) in [6.07, 6.45) is 7.97. The summed E-state index contributed by atoms with van der Waals surface area (Å²) >= 11 is 2.14. The molecule has 3 heteroatoms. The molecule has 1 aliphatic carbocycles. The van der Waals surface area contributed by atoms with Crippen LogP contribution in [0.2, 0.25) is 0 Å². The van der Waals surface area contributed by atoms with Gasteiger partial charge in [-0.25, -0.2) is 0 Å². The number of rotatable bonds is 5. The first-order chi connectivity index (χ1) is 9.88. The highest BCUT2D eigenvalue weighted by atomic mass is 32.2. The minimum absolute atomic E-state index is 0.411. The van der Waals surface area contributed by atoms with Gasteiger partial charge in [0.2, 0.25) is 0 Å². The molecule has 110 valence electrons. The Bertz CT molecular complexity index is 443. The minimum Gasteiger partial charge on any atom is -0.493 e. The fourth-order valence-corrected chi connectivity index (χ4v) is 4.78. The van der Waals surface area contributed by atoms with Crippen molar-refractivity contribution < 1.29 is 4.74 Å². The number of nitrogens with one attached hydrogen (secondary N) is 1. The monoisotopic (exact) mass is 291 g/mol. The van der Waals surface area contributed by atoms with Gasteiger partial charge in [0.15, 0.2) is 0 Å². The number of para-hydroxylation sites is 1. The van der Waals surface area contributed by atoms with Gasteiger partial charge < -0.3 is 10.1 Å². The Balaban J connectivity index is 1.71. The van der Waals surface area contributed by atoms with Gasteiger partial charge in [0.05, 0.1) is 6.61 Å². The molecule has 0 amide bonds. The first-order valence-corrected chi connectivity index (χ1v) is 8.97. The van der Waals surface area contributed by atoms with E-state index < -0.39 is 0 Å². The summed E-state index contributed by atoms with van der Waals surface area (Å²) in [5.41, 5.74) is 2.75. The van der Waals surface area contributed by atoms with Gasteiger partial charge in [-0.05, 0) is 38.3 Å². The number of thioether (sulfide) groups is 1. The first kappa shape index (κ1) is 14.3. The smallest absolute Gasteiger partial charge is 0.127 e. The van der Waals surface area contributed by atoms with Crippen LogP contribution in [-0.4, -0.2) is 24.7 Å². The lowest BCUT2D eigenvalue weighted by atomic mass is 9.99. The SMILES string of the molecule is CNC(CSC1CCCC1)c1cccc2c1OCCC2. The zero-order valence-corrected chi connectivity index (χ0v) is 13.2. The zero-order chi connectivity index (χ0) is 13.8. The van der Waals surface area contributed by atoms with Crippen molar-refractivity contribution in [3.05, 3.63) is 29.3 Å². The molecule has 20 heavy (non-hydrogen) atoms. The van der Waals surface area contributed by atoms with E-state index in [9.17, 15) is 0 Å². The number of fused-ring (bicyclic) bond motifs is 1. The molecular formula is C17H25NOS. The van der Waals surface area contributed by atoms with E-state index in [0.717, 1.165) is 36.2 Å². The Morgan fingerprint density at radius 2 is 2.15 bits per heavy atom. The van der Waals surface area contributed by atoms with Crippen LogP contribution in [0.5, 0.6) is 5.75 Å². The summed E-state index contributed by atoms with van der Waals surface area (Å²) in [6.45, 7) is 0.871. The molecule has 0 aromatic heterocycles. The van der Waals surface area contributed by atoms with E-state index in [1.54, 1.807) is 0 Å². The first-order valence-electron chi connectivity index (χ1n) is 7.92. The lowest BCUT2D eigenvalue weighted by molar-refractivity contribution is 0.283. The highest BCUT2D eigenvalue weighted by Crippen LogP contribution is 2.36. The maximum Gasteiger partial charge on any atom is 0.127 e. The van der Waals surface area contributed by atoms with Crippen molar-refractivity contribution in [2.45, 2.75) is 49.8 Å². The third kappa shape index (κ3) is 3.15. The zero-order valence-electron chi connectivity index (χ0n) is 12.4. The van der Waals surface area contributed by atoms with Gasteiger partial charge in [0.25, 0.3) is 0 Å². The number of hydrogen-bond acceptors (Lipinski definition) is 3. The summed E-state index contributed by atoms with van der Waals surface area (Å²) < 4.78 is 5.96. The van der Waals surface area contributed by atoms with Crippen LogP contribution in [0, 0.1) is 0 Å². The predicted octanol–water partition coefficient (Wildman–Crippen LogP) is 3.95. The molecule has 1 aromatic carbocycles. The Morgan fingerprint density at radius 1 is 1.30 bits per heavy atom. The van der Waals surface area contributed by atoms with E-state index in [1.165, 1.54) is 36.8 Å². The van der Waals surface area contributed by atoms with Crippen LogP contribution in [0.25, 0.3) is 0 Å². The van der Waals surface area contributed by atoms with Gasteiger partial charge in [-0.1, -0.05) is 31.0 Å². The van der Waals surface area contributed by atoms with E-state index in [4.69, 9.17) is 4.74 Å². The summed E-state index contributed by atoms with van der Waals surface area (Å²) in [6, 6.07) is 7.05. The van der Waals surface area contributed by atoms with Crippen molar-refractivity contribution in [3.63, 3.8) is 0 Å². The van der Waals surface area contributed by atoms with Crippen molar-refractivity contribution >= 4 is 11.8 Å². The molecule has 1 unspecified atom stereocenters. The van der Waals surface area contributed by atoms with Gasteiger partial charge in [-0.15, -0.1) is 0 Å². The van der Waals surface area contributed by atoms with Crippen LogP contribution in [0.3, 0.4) is 0 Å². The van der Waals surface area contributed by atoms with Crippen molar-refractivity contribution in [2.24, 2.45) is 0 Å². The molecule has 1 fully saturated rings. The van der Waals surface area contributed by atoms with E-state index in [1.807, 2.05) is 0 Å². The summed E-state index contributed by atoms with van der Waals surface area (Å²) in [5.74, 6) is 2.31. The molecule has 0 saturated heterocycles. The van der Waals surface area contributed by atoms with Gasteiger partial charge >= 0.3 is 0 Å². The summed E-state index contributed by atoms with van der Waals surface area (Å²) in [4.78, 5) is 0. The van der Waals surface area contributed by atoms with Crippen LogP contribution < -0.4 is 10.1 Å². The maximum absolute atomic E-state index is 5.96. The molecule has 0 bridgehead atoms. The highest BCUT2D eigenvalue weighted by molar-refractivity contribution is 7.99. The molecule has 1 atom stereocenters. The van der Waals surface area contributed by atoms with Crippen molar-refractivity contribution in [3.8, 4) is 5.75 Å². The van der Waals surface area contributed by atoms with Gasteiger partial charge in [-0.3, -0.25) is 0 Å². The van der Waals surface area contributed by atoms with Crippen molar-refractivity contribution in [1.29, 1.82) is 0 Å². The van der Waals surface area contributed by atoms with E-state index in [-0.39, 0.29) is 0 Å². The quantitative estimate of drug-likeness (QED) is 0.887. The summed E-state index contributed by atoms with van der Waals surface area (Å²) in [5, 5.41) is 4.37. The molecule has 0 spiro atoms. The second-order valence-corrected chi connectivity index (χ2v) is 7.20. The van der Waals surface area contributed by atoms with E-state index in [0.29, 0.717) is 6.04 Å². The predicted molar refractivity (Wildman–Crippen MR) is 86.8 cm³/mol. The average molecular weight is 291 g/mol. The van der Waals surface area contributed by atoms with Crippen LogP contribution >= 0.6 is 11.8 Å². The molecule has 1 saturated carbocycles.